The van der Waals surface area contributed by atoms with Crippen LogP contribution in [0, 0.1) is 22.7 Å². The maximum Gasteiger partial charge on any atom is 0.190 e. The molecule has 0 radical (unpaired) electrons. The molecule has 0 amide bonds. The van der Waals surface area contributed by atoms with Crippen LogP contribution < -0.4 is 0 Å². The van der Waals surface area contributed by atoms with Crippen LogP contribution in [0.3, 0.4) is 0 Å². The highest BCUT2D eigenvalue weighted by atomic mass is 16.3. The van der Waals surface area contributed by atoms with Crippen molar-refractivity contribution in [2.24, 2.45) is 22.7 Å². The van der Waals surface area contributed by atoms with Gasteiger partial charge in [0, 0.05) is 10.8 Å². The maximum atomic E-state index is 12.4. The monoisotopic (exact) mass is 376 g/mol. The average molecular weight is 376 g/mol. The van der Waals surface area contributed by atoms with Gasteiger partial charge in [-0.1, -0.05) is 18.6 Å². The van der Waals surface area contributed by atoms with Gasteiger partial charge in [-0.2, -0.15) is 0 Å². The van der Waals surface area contributed by atoms with Gasteiger partial charge in [-0.15, -0.1) is 0 Å². The molecule has 4 aliphatic carbocycles. The quantitative estimate of drug-likeness (QED) is 0.563. The van der Waals surface area contributed by atoms with E-state index < -0.39 is 40.5 Å². The Morgan fingerprint density at radius 3 is 2.59 bits per heavy atom. The zero-order valence-electron chi connectivity index (χ0n) is 15.8. The Morgan fingerprint density at radius 2 is 1.93 bits per heavy atom. The summed E-state index contributed by atoms with van der Waals surface area (Å²) in [5.74, 6) is -1.19. The summed E-state index contributed by atoms with van der Waals surface area (Å²) < 4.78 is 0. The average Bonchev–Trinajstić information content (AvgIpc) is 2.88. The molecule has 0 saturated heterocycles. The molecule has 4 aliphatic rings. The Morgan fingerprint density at radius 1 is 1.22 bits per heavy atom. The summed E-state index contributed by atoms with van der Waals surface area (Å²) in [5, 5.41) is 43.5. The molecule has 6 nitrogen and oxygen atoms in total. The number of ketones is 2. The van der Waals surface area contributed by atoms with E-state index in [2.05, 4.69) is 0 Å². The first-order valence-corrected chi connectivity index (χ1v) is 9.76. The highest BCUT2D eigenvalue weighted by molar-refractivity contribution is 6.01. The molecule has 0 aliphatic heterocycles. The van der Waals surface area contributed by atoms with Gasteiger partial charge in [-0.3, -0.25) is 9.59 Å². The van der Waals surface area contributed by atoms with Crippen LogP contribution in [0.1, 0.15) is 46.0 Å². The van der Waals surface area contributed by atoms with Crippen LogP contribution in [0.25, 0.3) is 0 Å². The number of aliphatic hydroxyl groups is 4. The minimum absolute atomic E-state index is 0.0670. The molecule has 0 heterocycles. The molecule has 0 aromatic rings. The fourth-order valence-electron chi connectivity index (χ4n) is 6.85. The second-order valence-electron chi connectivity index (χ2n) is 9.30. The summed E-state index contributed by atoms with van der Waals surface area (Å²) in [7, 11) is 0. The van der Waals surface area contributed by atoms with Crippen molar-refractivity contribution >= 4 is 11.6 Å². The van der Waals surface area contributed by atoms with Gasteiger partial charge in [0.15, 0.2) is 11.6 Å². The zero-order valence-corrected chi connectivity index (χ0v) is 15.8. The van der Waals surface area contributed by atoms with Crippen LogP contribution in [0.15, 0.2) is 23.8 Å². The minimum Gasteiger partial charge on any atom is -0.390 e. The fourth-order valence-corrected chi connectivity index (χ4v) is 6.85. The maximum absolute atomic E-state index is 12.4. The predicted octanol–water partition coefficient (Wildman–Crippen LogP) is 0.672. The van der Waals surface area contributed by atoms with Crippen molar-refractivity contribution in [3.8, 4) is 0 Å². The molecular weight excluding hydrogens is 348 g/mol. The largest absolute Gasteiger partial charge is 0.390 e. The predicted molar refractivity (Wildman–Crippen MR) is 96.5 cm³/mol. The van der Waals surface area contributed by atoms with Gasteiger partial charge < -0.3 is 20.4 Å². The Hall–Kier alpha value is -1.34. The van der Waals surface area contributed by atoms with Crippen molar-refractivity contribution in [2.75, 3.05) is 6.61 Å². The summed E-state index contributed by atoms with van der Waals surface area (Å²) >= 11 is 0. The van der Waals surface area contributed by atoms with Gasteiger partial charge in [-0.05, 0) is 63.0 Å². The van der Waals surface area contributed by atoms with Crippen LogP contribution in [0.4, 0.5) is 0 Å². The third-order valence-corrected chi connectivity index (χ3v) is 8.48. The van der Waals surface area contributed by atoms with E-state index in [0.29, 0.717) is 19.3 Å². The Bertz CT molecular complexity index is 771. The molecule has 4 N–H and O–H groups in total. The van der Waals surface area contributed by atoms with Crippen molar-refractivity contribution in [3.63, 3.8) is 0 Å². The molecule has 1 unspecified atom stereocenters. The van der Waals surface area contributed by atoms with E-state index in [1.54, 1.807) is 19.1 Å². The van der Waals surface area contributed by atoms with E-state index in [1.807, 2.05) is 6.92 Å². The van der Waals surface area contributed by atoms with E-state index in [-0.39, 0.29) is 30.5 Å². The van der Waals surface area contributed by atoms with Gasteiger partial charge in [0.2, 0.25) is 0 Å². The van der Waals surface area contributed by atoms with E-state index in [1.165, 1.54) is 6.08 Å². The molecular formula is C21H28O6. The highest BCUT2D eigenvalue weighted by Gasteiger charge is 2.72. The Balaban J connectivity index is 1.81. The second kappa shape index (κ2) is 5.60. The standard InChI is InChI=1S/C21H28O6/c1-18-7-5-13(23)9-12(18)3-4-15-14-6-8-20(26,17(25)11-22)19(14,2)10-16(24)21(15,18)27/h5,7,9,14-16,22,24,26-27H,3-4,6,8,10-11H2,1-2H3/t14-,15-,16?,18-,19-,20-,21-/m0/s1. The summed E-state index contributed by atoms with van der Waals surface area (Å²) in [5.41, 5.74) is -4.09. The highest BCUT2D eigenvalue weighted by Crippen LogP contribution is 2.68. The molecule has 3 fully saturated rings. The lowest BCUT2D eigenvalue weighted by Gasteiger charge is -2.64. The van der Waals surface area contributed by atoms with Crippen LogP contribution in [0.5, 0.6) is 0 Å². The van der Waals surface area contributed by atoms with Crippen LogP contribution in [-0.2, 0) is 9.59 Å². The van der Waals surface area contributed by atoms with E-state index >= 15 is 0 Å². The van der Waals surface area contributed by atoms with Gasteiger partial charge in [0.1, 0.15) is 17.8 Å². The molecule has 6 heteroatoms. The number of rotatable bonds is 2. The van der Waals surface area contributed by atoms with Crippen molar-refractivity contribution < 1.29 is 30.0 Å². The van der Waals surface area contributed by atoms with Crippen molar-refractivity contribution in [3.05, 3.63) is 23.8 Å². The third kappa shape index (κ3) is 2.05. The molecule has 0 aromatic heterocycles. The number of aliphatic hydroxyl groups excluding tert-OH is 2. The third-order valence-electron chi connectivity index (χ3n) is 8.48. The summed E-state index contributed by atoms with van der Waals surface area (Å²) in [6, 6.07) is 0. The molecule has 7 atom stereocenters. The minimum atomic E-state index is -1.69. The number of fused-ring (bicyclic) bond motifs is 5. The zero-order chi connectivity index (χ0) is 19.8. The molecule has 0 spiro atoms. The first-order valence-electron chi connectivity index (χ1n) is 9.76. The van der Waals surface area contributed by atoms with E-state index in [0.717, 1.165) is 5.57 Å². The van der Waals surface area contributed by atoms with E-state index in [9.17, 15) is 30.0 Å². The molecule has 27 heavy (non-hydrogen) atoms. The number of Topliss-reactive ketones (excluding diaryl/α,β-unsaturated/α-hetero) is 1. The van der Waals surface area contributed by atoms with E-state index in [4.69, 9.17) is 0 Å². The number of carbonyl (C=O) groups excluding carboxylic acids is 2. The van der Waals surface area contributed by atoms with Crippen molar-refractivity contribution in [1.82, 2.24) is 0 Å². The van der Waals surface area contributed by atoms with Gasteiger partial charge in [-0.25, -0.2) is 0 Å². The van der Waals surface area contributed by atoms with Crippen molar-refractivity contribution in [2.45, 2.75) is 63.3 Å². The molecule has 0 aromatic carbocycles. The first-order chi connectivity index (χ1) is 12.5. The molecule has 148 valence electrons. The number of hydrogen-bond donors (Lipinski definition) is 4. The van der Waals surface area contributed by atoms with Crippen LogP contribution in [-0.4, -0.2) is 55.9 Å². The Kier molecular flexibility index (Phi) is 3.94. The van der Waals surface area contributed by atoms with Gasteiger partial charge in [0.05, 0.1) is 6.10 Å². The van der Waals surface area contributed by atoms with Gasteiger partial charge in [0.25, 0.3) is 0 Å². The summed E-state index contributed by atoms with van der Waals surface area (Å²) in [6.45, 7) is 2.92. The SMILES string of the molecule is C[C@]12C=CC(=O)C=C1CC[C@H]1[C@@H]3CC[C@](O)(C(=O)CO)[C@@]3(C)CC(O)[C@@]12O. The smallest absolute Gasteiger partial charge is 0.190 e. The first kappa shape index (κ1) is 19.0. The van der Waals surface area contributed by atoms with Gasteiger partial charge >= 0.3 is 0 Å². The number of hydrogen-bond acceptors (Lipinski definition) is 6. The summed E-state index contributed by atoms with van der Waals surface area (Å²) in [4.78, 5) is 24.2. The number of allylic oxidation sites excluding steroid dienone is 2. The fraction of sp³-hybridized carbons (Fsp3) is 0.714. The topological polar surface area (TPSA) is 115 Å². The second-order valence-corrected chi connectivity index (χ2v) is 9.30. The lowest BCUT2D eigenvalue weighted by molar-refractivity contribution is -0.248. The lowest BCUT2D eigenvalue weighted by atomic mass is 9.44. The molecule has 4 rings (SSSR count). The molecule has 3 saturated carbocycles. The number of carbonyl (C=O) groups is 2. The lowest BCUT2D eigenvalue weighted by Crippen LogP contribution is -2.71. The Labute approximate surface area is 158 Å². The summed E-state index contributed by atoms with van der Waals surface area (Å²) in [6.07, 6.45) is 5.62. The van der Waals surface area contributed by atoms with Crippen LogP contribution in [0.2, 0.25) is 0 Å². The van der Waals surface area contributed by atoms with Crippen LogP contribution >= 0.6 is 0 Å². The normalized spacial score (nSPS) is 51.3. The van der Waals surface area contributed by atoms with Crippen molar-refractivity contribution in [1.29, 1.82) is 0 Å². The molecule has 0 bridgehead atoms.